The van der Waals surface area contributed by atoms with Crippen LogP contribution in [-0.4, -0.2) is 55.5 Å². The van der Waals surface area contributed by atoms with E-state index >= 15 is 0 Å². The molecule has 2 atom stereocenters. The van der Waals surface area contributed by atoms with Crippen molar-refractivity contribution < 1.29 is 14.0 Å². The summed E-state index contributed by atoms with van der Waals surface area (Å²) < 4.78 is 13.7. The van der Waals surface area contributed by atoms with E-state index in [1.165, 1.54) is 12.1 Å². The molecule has 2 aliphatic heterocycles. The Labute approximate surface area is 176 Å². The molecule has 7 nitrogen and oxygen atoms in total. The average Bonchev–Trinajstić information content (AvgIpc) is 3.16. The zero-order chi connectivity index (χ0) is 21.8. The van der Waals surface area contributed by atoms with E-state index in [1.807, 2.05) is 13.8 Å². The second-order valence-corrected chi connectivity index (χ2v) is 7.70. The minimum atomic E-state index is -0.395. The van der Waals surface area contributed by atoms with E-state index in [0.717, 1.165) is 25.3 Å². The van der Waals surface area contributed by atoms with Crippen molar-refractivity contribution in [2.45, 2.75) is 26.8 Å². The fourth-order valence-electron chi connectivity index (χ4n) is 4.08. The Hall–Kier alpha value is -2.71. The molecule has 5 N–H and O–H groups in total. The van der Waals surface area contributed by atoms with Crippen LogP contribution >= 0.6 is 0 Å². The highest BCUT2D eigenvalue weighted by molar-refractivity contribution is 6.31. The summed E-state index contributed by atoms with van der Waals surface area (Å²) in [6.45, 7) is 9.42. The van der Waals surface area contributed by atoms with Crippen LogP contribution in [0.15, 0.2) is 35.5 Å². The number of benzene rings is 1. The Morgan fingerprint density at radius 2 is 2.13 bits per heavy atom. The molecule has 3 rings (SSSR count). The van der Waals surface area contributed by atoms with Crippen molar-refractivity contribution in [3.63, 3.8) is 0 Å². The predicted molar refractivity (Wildman–Crippen MR) is 116 cm³/mol. The highest BCUT2D eigenvalue weighted by Crippen LogP contribution is 2.35. The number of allylic oxidation sites excluding steroid dienone is 1. The van der Waals surface area contributed by atoms with Crippen molar-refractivity contribution in [2.24, 2.45) is 11.7 Å². The van der Waals surface area contributed by atoms with E-state index in [9.17, 15) is 14.0 Å². The number of anilines is 1. The molecule has 2 unspecified atom stereocenters. The number of hydrogen-bond acceptors (Lipinski definition) is 5. The largest absolute Gasteiger partial charge is 0.381 e. The first-order chi connectivity index (χ1) is 14.3. The van der Waals surface area contributed by atoms with Gasteiger partial charge in [-0.3, -0.25) is 9.59 Å². The molecule has 1 aromatic carbocycles. The van der Waals surface area contributed by atoms with Gasteiger partial charge in [-0.15, -0.1) is 0 Å². The van der Waals surface area contributed by atoms with E-state index in [1.54, 1.807) is 12.1 Å². The van der Waals surface area contributed by atoms with Gasteiger partial charge < -0.3 is 26.6 Å². The molecule has 0 aromatic heterocycles. The summed E-state index contributed by atoms with van der Waals surface area (Å²) in [4.78, 5) is 27.3. The van der Waals surface area contributed by atoms with E-state index in [0.29, 0.717) is 35.5 Å². The highest BCUT2D eigenvalue weighted by atomic mass is 19.1. The number of nitrogens with zero attached hydrogens (tertiary/aromatic N) is 1. The van der Waals surface area contributed by atoms with Crippen LogP contribution in [0.2, 0.25) is 0 Å². The molecule has 0 spiro atoms. The molecule has 2 aliphatic rings. The number of nitrogens with two attached hydrogens (primary N) is 1. The standard InChI is InChI=1S/C22H30FN5O2/c1-4-28(9-7-24)10-8-25-22(30)20-13(2)19(26-14(20)3)12-17-16-11-15(23)5-6-18(16)27-21(17)29/h5-6,11-13,19,26H,4,7-10,24H2,1-3H3,(H,25,30)(H,27,29)/b17-12-. The third kappa shape index (κ3) is 4.55. The van der Waals surface area contributed by atoms with Crippen LogP contribution in [0.4, 0.5) is 10.1 Å². The third-order valence-electron chi connectivity index (χ3n) is 5.74. The molecule has 8 heteroatoms. The number of halogens is 1. The average molecular weight is 416 g/mol. The monoisotopic (exact) mass is 415 g/mol. The van der Waals surface area contributed by atoms with Crippen molar-refractivity contribution in [1.82, 2.24) is 15.5 Å². The summed E-state index contributed by atoms with van der Waals surface area (Å²) in [7, 11) is 0. The summed E-state index contributed by atoms with van der Waals surface area (Å²) in [5.41, 5.74) is 8.63. The zero-order valence-electron chi connectivity index (χ0n) is 17.7. The van der Waals surface area contributed by atoms with Crippen LogP contribution in [0.5, 0.6) is 0 Å². The van der Waals surface area contributed by atoms with Crippen molar-refractivity contribution in [2.75, 3.05) is 38.0 Å². The van der Waals surface area contributed by atoms with Gasteiger partial charge in [-0.05, 0) is 37.7 Å². The maximum Gasteiger partial charge on any atom is 0.256 e. The molecule has 2 amide bonds. The van der Waals surface area contributed by atoms with Crippen LogP contribution < -0.4 is 21.7 Å². The lowest BCUT2D eigenvalue weighted by molar-refractivity contribution is -0.118. The van der Waals surface area contributed by atoms with Gasteiger partial charge in [0.15, 0.2) is 0 Å². The quantitative estimate of drug-likeness (QED) is 0.482. The van der Waals surface area contributed by atoms with Gasteiger partial charge in [0.1, 0.15) is 5.82 Å². The molecule has 0 radical (unpaired) electrons. The second kappa shape index (κ2) is 9.40. The highest BCUT2D eigenvalue weighted by Gasteiger charge is 2.34. The first kappa shape index (κ1) is 22.0. The first-order valence-corrected chi connectivity index (χ1v) is 10.4. The lowest BCUT2D eigenvalue weighted by Crippen LogP contribution is -2.38. The minimum absolute atomic E-state index is 0.112. The molecule has 0 saturated carbocycles. The smallest absolute Gasteiger partial charge is 0.256 e. The topological polar surface area (TPSA) is 99.5 Å². The Morgan fingerprint density at radius 3 is 2.83 bits per heavy atom. The summed E-state index contributed by atoms with van der Waals surface area (Å²) in [6.07, 6.45) is 1.79. The SMILES string of the molecule is CCN(CCN)CCNC(=O)C1=C(C)NC(/C=C2\C(=O)Nc3ccc(F)cc32)C1C. The van der Waals surface area contributed by atoms with E-state index in [-0.39, 0.29) is 23.8 Å². The summed E-state index contributed by atoms with van der Waals surface area (Å²) in [6, 6.07) is 4.00. The summed E-state index contributed by atoms with van der Waals surface area (Å²) in [5.74, 6) is -0.901. The fourth-order valence-corrected chi connectivity index (χ4v) is 4.08. The number of fused-ring (bicyclic) bond motifs is 1. The van der Waals surface area contributed by atoms with Crippen LogP contribution in [0.3, 0.4) is 0 Å². The molecule has 30 heavy (non-hydrogen) atoms. The van der Waals surface area contributed by atoms with Crippen molar-refractivity contribution >= 4 is 23.1 Å². The normalized spacial score (nSPS) is 21.8. The Balaban J connectivity index is 1.68. The lowest BCUT2D eigenvalue weighted by atomic mass is 9.93. The zero-order valence-corrected chi connectivity index (χ0v) is 17.7. The summed E-state index contributed by atoms with van der Waals surface area (Å²) >= 11 is 0. The molecule has 0 fully saturated rings. The fraction of sp³-hybridized carbons (Fsp3) is 0.455. The number of nitrogens with one attached hydrogen (secondary N) is 3. The molecule has 162 valence electrons. The van der Waals surface area contributed by atoms with Gasteiger partial charge in [0.25, 0.3) is 5.91 Å². The maximum atomic E-state index is 13.7. The number of rotatable bonds is 8. The van der Waals surface area contributed by atoms with E-state index in [4.69, 9.17) is 5.73 Å². The van der Waals surface area contributed by atoms with Gasteiger partial charge in [0.2, 0.25) is 5.91 Å². The number of likely N-dealkylation sites (N-methyl/N-ethyl adjacent to an activating group) is 1. The second-order valence-electron chi connectivity index (χ2n) is 7.70. The van der Waals surface area contributed by atoms with E-state index < -0.39 is 5.82 Å². The molecule has 1 aromatic rings. The van der Waals surface area contributed by atoms with Gasteiger partial charge in [-0.25, -0.2) is 4.39 Å². The van der Waals surface area contributed by atoms with Crippen LogP contribution in [0.25, 0.3) is 5.57 Å². The molecule has 2 heterocycles. The lowest BCUT2D eigenvalue weighted by Gasteiger charge is -2.20. The Morgan fingerprint density at radius 1 is 1.37 bits per heavy atom. The van der Waals surface area contributed by atoms with Gasteiger partial charge >= 0.3 is 0 Å². The van der Waals surface area contributed by atoms with Gasteiger partial charge in [-0.2, -0.15) is 0 Å². The minimum Gasteiger partial charge on any atom is -0.381 e. The maximum absolute atomic E-state index is 13.7. The van der Waals surface area contributed by atoms with Gasteiger partial charge in [0, 0.05) is 60.2 Å². The number of amides is 2. The molecular weight excluding hydrogens is 385 g/mol. The number of carbonyl (C=O) groups excluding carboxylic acids is 2. The Bertz CT molecular complexity index is 896. The Kier molecular flexibility index (Phi) is 6.89. The predicted octanol–water partition coefficient (Wildman–Crippen LogP) is 1.44. The van der Waals surface area contributed by atoms with Gasteiger partial charge in [-0.1, -0.05) is 13.8 Å². The van der Waals surface area contributed by atoms with Crippen molar-refractivity contribution in [3.8, 4) is 0 Å². The third-order valence-corrected chi connectivity index (χ3v) is 5.74. The van der Waals surface area contributed by atoms with Crippen LogP contribution in [0, 0.1) is 11.7 Å². The molecule has 0 aliphatic carbocycles. The molecule has 0 bridgehead atoms. The van der Waals surface area contributed by atoms with Gasteiger partial charge in [0.05, 0.1) is 6.04 Å². The molecular formula is C22H30FN5O2. The number of hydrogen-bond donors (Lipinski definition) is 4. The van der Waals surface area contributed by atoms with Crippen LogP contribution in [0.1, 0.15) is 26.3 Å². The summed E-state index contributed by atoms with van der Waals surface area (Å²) in [5, 5.41) is 9.04. The number of carbonyl (C=O) groups is 2. The molecule has 0 saturated heterocycles. The first-order valence-electron chi connectivity index (χ1n) is 10.4. The van der Waals surface area contributed by atoms with Crippen LogP contribution in [-0.2, 0) is 9.59 Å². The van der Waals surface area contributed by atoms with Crippen molar-refractivity contribution in [1.29, 1.82) is 0 Å². The van der Waals surface area contributed by atoms with E-state index in [2.05, 4.69) is 27.8 Å². The van der Waals surface area contributed by atoms with Crippen molar-refractivity contribution in [3.05, 3.63) is 46.9 Å².